The lowest BCUT2D eigenvalue weighted by Gasteiger charge is -2.34. The highest BCUT2D eigenvalue weighted by Gasteiger charge is 2.41. The summed E-state index contributed by atoms with van der Waals surface area (Å²) in [5.41, 5.74) is 7.15. The fourth-order valence-corrected chi connectivity index (χ4v) is 5.07. The van der Waals surface area contributed by atoms with Crippen molar-refractivity contribution in [1.29, 1.82) is 0 Å². The Morgan fingerprint density at radius 2 is 1.75 bits per heavy atom. The summed E-state index contributed by atoms with van der Waals surface area (Å²) >= 11 is 0. The number of aromatic nitrogens is 2. The molecule has 1 N–H and O–H groups in total. The Morgan fingerprint density at radius 1 is 0.969 bits per heavy atom. The van der Waals surface area contributed by atoms with Crippen LogP contribution in [0.5, 0.6) is 0 Å². The van der Waals surface area contributed by atoms with Gasteiger partial charge in [0.2, 0.25) is 5.95 Å². The first-order valence-corrected chi connectivity index (χ1v) is 11.6. The van der Waals surface area contributed by atoms with Gasteiger partial charge in [0.1, 0.15) is 0 Å². The van der Waals surface area contributed by atoms with Gasteiger partial charge in [0.05, 0.1) is 5.69 Å². The van der Waals surface area contributed by atoms with Crippen molar-refractivity contribution in [2.45, 2.75) is 51.6 Å². The quantitative estimate of drug-likeness (QED) is 0.605. The van der Waals surface area contributed by atoms with Crippen LogP contribution in [-0.4, -0.2) is 47.1 Å². The highest BCUT2D eigenvalue weighted by molar-refractivity contribution is 5.66. The first-order chi connectivity index (χ1) is 15.3. The number of likely N-dealkylation sites (tertiary alicyclic amines) is 1. The summed E-state index contributed by atoms with van der Waals surface area (Å²) in [4.78, 5) is 14.3. The number of anilines is 3. The maximum Gasteiger partial charge on any atom is 0.227 e. The van der Waals surface area contributed by atoms with Gasteiger partial charge in [-0.2, -0.15) is 0 Å². The van der Waals surface area contributed by atoms with Crippen LogP contribution in [0.25, 0.3) is 11.3 Å². The molecule has 0 radical (unpaired) electrons. The molecule has 3 heterocycles. The smallest absolute Gasteiger partial charge is 0.227 e. The minimum Gasteiger partial charge on any atom is -0.365 e. The van der Waals surface area contributed by atoms with E-state index in [1.54, 1.807) is 0 Å². The second-order valence-corrected chi connectivity index (χ2v) is 10.4. The molecule has 2 saturated heterocycles. The standard InChI is InChI=1S/C27H33N5/c1-18-14-21(10-11-25(18)32-17-22-15-23(32)16-31(22)5)29-26-28-13-12-24(30-26)19-6-8-20(9-7-19)27(2,3)4/h6-14,22-23H,15-17H2,1-5H3,(H,28,29,30)/t22-,23-/m0/s1. The van der Waals surface area contributed by atoms with Crippen molar-refractivity contribution in [1.82, 2.24) is 14.9 Å². The molecule has 0 saturated carbocycles. The van der Waals surface area contributed by atoms with Crippen molar-refractivity contribution in [2.24, 2.45) is 0 Å². The van der Waals surface area contributed by atoms with Gasteiger partial charge in [-0.05, 0) is 61.2 Å². The summed E-state index contributed by atoms with van der Waals surface area (Å²) in [6.45, 7) is 11.2. The molecule has 5 rings (SSSR count). The zero-order valence-electron chi connectivity index (χ0n) is 19.8. The second-order valence-electron chi connectivity index (χ2n) is 10.4. The van der Waals surface area contributed by atoms with E-state index in [2.05, 4.69) is 97.3 Å². The number of aryl methyl sites for hydroxylation is 1. The fourth-order valence-electron chi connectivity index (χ4n) is 5.07. The molecule has 2 bridgehead atoms. The molecular formula is C27H33N5. The molecular weight excluding hydrogens is 394 g/mol. The van der Waals surface area contributed by atoms with Crippen molar-refractivity contribution in [3.63, 3.8) is 0 Å². The Labute approximate surface area is 191 Å². The van der Waals surface area contributed by atoms with Gasteiger partial charge in [-0.3, -0.25) is 4.90 Å². The van der Waals surface area contributed by atoms with E-state index in [9.17, 15) is 0 Å². The summed E-state index contributed by atoms with van der Waals surface area (Å²) < 4.78 is 0. The minimum absolute atomic E-state index is 0.144. The summed E-state index contributed by atoms with van der Waals surface area (Å²) in [6.07, 6.45) is 3.11. The van der Waals surface area contributed by atoms with Crippen LogP contribution in [0.4, 0.5) is 17.3 Å². The number of nitrogens with one attached hydrogen (secondary N) is 1. The average molecular weight is 428 g/mol. The molecule has 2 atom stereocenters. The van der Waals surface area contributed by atoms with Crippen LogP contribution in [0.1, 0.15) is 38.3 Å². The summed E-state index contributed by atoms with van der Waals surface area (Å²) in [5, 5.41) is 3.40. The number of hydrogen-bond donors (Lipinski definition) is 1. The molecule has 32 heavy (non-hydrogen) atoms. The van der Waals surface area contributed by atoms with Crippen LogP contribution in [0.3, 0.4) is 0 Å². The lowest BCUT2D eigenvalue weighted by Crippen LogP contribution is -2.44. The van der Waals surface area contributed by atoms with Gasteiger partial charge in [-0.15, -0.1) is 0 Å². The molecule has 2 aromatic carbocycles. The lowest BCUT2D eigenvalue weighted by atomic mass is 9.86. The lowest BCUT2D eigenvalue weighted by molar-refractivity contribution is 0.292. The summed E-state index contributed by atoms with van der Waals surface area (Å²) in [5.74, 6) is 0.622. The van der Waals surface area contributed by atoms with Crippen LogP contribution in [0.15, 0.2) is 54.7 Å². The Hall–Kier alpha value is -2.92. The molecule has 0 aliphatic carbocycles. The maximum atomic E-state index is 4.76. The van der Waals surface area contributed by atoms with Crippen molar-refractivity contribution in [3.8, 4) is 11.3 Å². The monoisotopic (exact) mass is 427 g/mol. The number of rotatable bonds is 4. The van der Waals surface area contributed by atoms with Gasteiger partial charge in [0, 0.05) is 48.3 Å². The molecule has 1 aromatic heterocycles. The average Bonchev–Trinajstić information content (AvgIpc) is 3.33. The Bertz CT molecular complexity index is 1110. The molecule has 5 nitrogen and oxygen atoms in total. The van der Waals surface area contributed by atoms with Crippen molar-refractivity contribution >= 4 is 17.3 Å². The van der Waals surface area contributed by atoms with Crippen LogP contribution >= 0.6 is 0 Å². The highest BCUT2D eigenvalue weighted by Crippen LogP contribution is 2.36. The van der Waals surface area contributed by atoms with E-state index in [4.69, 9.17) is 4.98 Å². The van der Waals surface area contributed by atoms with Crippen molar-refractivity contribution < 1.29 is 0 Å². The zero-order chi connectivity index (χ0) is 22.5. The third kappa shape index (κ3) is 3.97. The van der Waals surface area contributed by atoms with Gasteiger partial charge >= 0.3 is 0 Å². The second kappa shape index (κ2) is 7.89. The van der Waals surface area contributed by atoms with E-state index in [0.29, 0.717) is 18.0 Å². The van der Waals surface area contributed by atoms with Gasteiger partial charge in [-0.25, -0.2) is 9.97 Å². The SMILES string of the molecule is Cc1cc(Nc2nccc(-c3ccc(C(C)(C)C)cc3)n2)ccc1N1C[C@@H]2C[C@H]1CN2C. The Kier molecular flexibility index (Phi) is 5.17. The predicted molar refractivity (Wildman–Crippen MR) is 133 cm³/mol. The topological polar surface area (TPSA) is 44.3 Å². The number of benzene rings is 2. The molecule has 3 aromatic rings. The predicted octanol–water partition coefficient (Wildman–Crippen LogP) is 5.39. The molecule has 166 valence electrons. The van der Waals surface area contributed by atoms with E-state index >= 15 is 0 Å². The van der Waals surface area contributed by atoms with Gasteiger partial charge in [0.25, 0.3) is 0 Å². The molecule has 0 amide bonds. The van der Waals surface area contributed by atoms with Crippen LogP contribution in [-0.2, 0) is 5.41 Å². The molecule has 2 aliphatic heterocycles. The van der Waals surface area contributed by atoms with E-state index in [1.165, 1.54) is 29.8 Å². The number of likely N-dealkylation sites (N-methyl/N-ethyl adjacent to an activating group) is 1. The molecule has 0 spiro atoms. The number of piperazine rings is 1. The van der Waals surface area contributed by atoms with E-state index in [1.807, 2.05) is 12.3 Å². The molecule has 0 unspecified atom stereocenters. The number of fused-ring (bicyclic) bond motifs is 2. The summed E-state index contributed by atoms with van der Waals surface area (Å²) in [7, 11) is 2.24. The highest BCUT2D eigenvalue weighted by atomic mass is 15.3. The molecule has 2 aliphatic rings. The third-order valence-electron chi connectivity index (χ3n) is 6.98. The third-order valence-corrected chi connectivity index (χ3v) is 6.98. The minimum atomic E-state index is 0.144. The van der Waals surface area contributed by atoms with E-state index in [-0.39, 0.29) is 5.41 Å². The van der Waals surface area contributed by atoms with Crippen LogP contribution in [0, 0.1) is 6.92 Å². The molecule has 2 fully saturated rings. The van der Waals surface area contributed by atoms with Crippen molar-refractivity contribution in [3.05, 3.63) is 65.9 Å². The molecule has 5 heteroatoms. The van der Waals surface area contributed by atoms with Gasteiger partial charge < -0.3 is 10.2 Å². The van der Waals surface area contributed by atoms with Crippen LogP contribution in [0.2, 0.25) is 0 Å². The summed E-state index contributed by atoms with van der Waals surface area (Å²) in [6, 6.07) is 18.6. The van der Waals surface area contributed by atoms with Crippen molar-refractivity contribution in [2.75, 3.05) is 30.4 Å². The van der Waals surface area contributed by atoms with E-state index in [0.717, 1.165) is 23.5 Å². The Balaban J connectivity index is 1.32. The zero-order valence-corrected chi connectivity index (χ0v) is 19.8. The fraction of sp³-hybridized carbons (Fsp3) is 0.407. The van der Waals surface area contributed by atoms with Gasteiger partial charge in [-0.1, -0.05) is 45.0 Å². The number of hydrogen-bond acceptors (Lipinski definition) is 5. The van der Waals surface area contributed by atoms with E-state index < -0.39 is 0 Å². The Morgan fingerprint density at radius 3 is 2.38 bits per heavy atom. The maximum absolute atomic E-state index is 4.76. The van der Waals surface area contributed by atoms with Gasteiger partial charge in [0.15, 0.2) is 0 Å². The first-order valence-electron chi connectivity index (χ1n) is 11.6. The normalized spacial score (nSPS) is 20.7. The van der Waals surface area contributed by atoms with Crippen LogP contribution < -0.4 is 10.2 Å². The first kappa shape index (κ1) is 21.0. The largest absolute Gasteiger partial charge is 0.365 e. The number of nitrogens with zero attached hydrogens (tertiary/aromatic N) is 4.